The molecule has 1 atom stereocenters. The molecule has 0 aliphatic carbocycles. The monoisotopic (exact) mass is 548 g/mol. The Bertz CT molecular complexity index is 1340. The first-order valence-electron chi connectivity index (χ1n) is 13.0. The molecule has 1 aliphatic rings. The van der Waals surface area contributed by atoms with Crippen LogP contribution in [0.5, 0.6) is 17.2 Å². The zero-order valence-corrected chi connectivity index (χ0v) is 22.2. The Labute approximate surface area is 232 Å². The van der Waals surface area contributed by atoms with Crippen LogP contribution in [0.1, 0.15) is 35.2 Å². The molecule has 10 heteroatoms. The molecule has 0 saturated carbocycles. The topological polar surface area (TPSA) is 135 Å². The van der Waals surface area contributed by atoms with Crippen LogP contribution in [0.25, 0.3) is 0 Å². The van der Waals surface area contributed by atoms with Crippen LogP contribution in [0.4, 0.5) is 11.4 Å². The number of amides is 1. The van der Waals surface area contributed by atoms with E-state index >= 15 is 0 Å². The Morgan fingerprint density at radius 2 is 1.68 bits per heavy atom. The molecule has 40 heavy (non-hydrogen) atoms. The van der Waals surface area contributed by atoms with Gasteiger partial charge in [0.1, 0.15) is 11.5 Å². The molecule has 10 nitrogen and oxygen atoms in total. The molecule has 210 valence electrons. The van der Waals surface area contributed by atoms with Crippen molar-refractivity contribution in [2.24, 2.45) is 0 Å². The van der Waals surface area contributed by atoms with Gasteiger partial charge in [0.15, 0.2) is 5.75 Å². The van der Waals surface area contributed by atoms with E-state index in [1.807, 2.05) is 31.2 Å². The lowest BCUT2D eigenvalue weighted by atomic mass is 10.1. The molecule has 3 N–H and O–H groups in total. The summed E-state index contributed by atoms with van der Waals surface area (Å²) in [5.74, 6) is -0.790. The van der Waals surface area contributed by atoms with Crippen molar-refractivity contribution in [2.45, 2.75) is 32.3 Å². The largest absolute Gasteiger partial charge is 0.493 e. The fourth-order valence-electron chi connectivity index (χ4n) is 4.28. The molecule has 1 aliphatic heterocycles. The molecule has 1 heterocycles. The van der Waals surface area contributed by atoms with Crippen molar-refractivity contribution < 1.29 is 38.8 Å². The third-order valence-corrected chi connectivity index (χ3v) is 6.26. The number of nitrogens with zero attached hydrogens (tertiary/aromatic N) is 1. The third kappa shape index (κ3) is 7.66. The van der Waals surface area contributed by atoms with Gasteiger partial charge in [0.05, 0.1) is 31.1 Å². The number of anilines is 2. The van der Waals surface area contributed by atoms with E-state index < -0.39 is 23.9 Å². The molecule has 1 amide bonds. The summed E-state index contributed by atoms with van der Waals surface area (Å²) < 4.78 is 17.2. The second-order valence-corrected chi connectivity index (χ2v) is 9.39. The lowest BCUT2D eigenvalue weighted by Crippen LogP contribution is -2.45. The SMILES string of the molecule is Cc1cccc(OCCCOc2ccc(C(=O)Nc3cccc4c3OC(C(=O)O)CN4CCCC(=O)O)cc2)c1. The fraction of sp³-hybridized carbons (Fsp3) is 0.300. The van der Waals surface area contributed by atoms with E-state index in [-0.39, 0.29) is 18.7 Å². The summed E-state index contributed by atoms with van der Waals surface area (Å²) in [5.41, 5.74) is 2.44. The van der Waals surface area contributed by atoms with Crippen molar-refractivity contribution in [3.8, 4) is 17.2 Å². The van der Waals surface area contributed by atoms with Crippen molar-refractivity contribution in [2.75, 3.05) is 36.5 Å². The number of carbonyl (C=O) groups excluding carboxylic acids is 1. The van der Waals surface area contributed by atoms with Gasteiger partial charge in [-0.15, -0.1) is 0 Å². The number of carboxylic acids is 2. The van der Waals surface area contributed by atoms with Crippen LogP contribution in [0, 0.1) is 6.92 Å². The third-order valence-electron chi connectivity index (χ3n) is 6.26. The number of benzene rings is 3. The maximum absolute atomic E-state index is 13.0. The average Bonchev–Trinajstić information content (AvgIpc) is 2.93. The van der Waals surface area contributed by atoms with Gasteiger partial charge in [-0.2, -0.15) is 0 Å². The number of nitrogens with one attached hydrogen (secondary N) is 1. The minimum absolute atomic E-state index is 0.0399. The summed E-state index contributed by atoms with van der Waals surface area (Å²) in [6.07, 6.45) is -0.165. The average molecular weight is 549 g/mol. The lowest BCUT2D eigenvalue weighted by Gasteiger charge is -2.35. The van der Waals surface area contributed by atoms with Gasteiger partial charge in [-0.1, -0.05) is 18.2 Å². The van der Waals surface area contributed by atoms with Crippen LogP contribution < -0.4 is 24.4 Å². The van der Waals surface area contributed by atoms with Crippen LogP contribution in [0.3, 0.4) is 0 Å². The first kappa shape index (κ1) is 28.3. The van der Waals surface area contributed by atoms with E-state index in [1.54, 1.807) is 47.4 Å². The summed E-state index contributed by atoms with van der Waals surface area (Å²) in [6, 6.07) is 19.7. The molecule has 0 saturated heterocycles. The number of hydrogen-bond donors (Lipinski definition) is 3. The number of aryl methyl sites for hydroxylation is 1. The molecule has 4 rings (SSSR count). The van der Waals surface area contributed by atoms with Gasteiger partial charge in [-0.05, 0) is 67.4 Å². The predicted octanol–water partition coefficient (Wildman–Crippen LogP) is 4.61. The van der Waals surface area contributed by atoms with E-state index in [9.17, 15) is 19.5 Å². The minimum Gasteiger partial charge on any atom is -0.493 e. The molecule has 3 aromatic rings. The molecule has 0 radical (unpaired) electrons. The molecule has 3 aromatic carbocycles. The highest BCUT2D eigenvalue weighted by Gasteiger charge is 2.32. The molecule has 0 bridgehead atoms. The first-order chi connectivity index (χ1) is 19.3. The molecular weight excluding hydrogens is 516 g/mol. The Kier molecular flexibility index (Phi) is 9.45. The molecule has 0 aromatic heterocycles. The van der Waals surface area contributed by atoms with Gasteiger partial charge in [0, 0.05) is 24.9 Å². The molecule has 0 fully saturated rings. The van der Waals surface area contributed by atoms with Crippen molar-refractivity contribution in [1.82, 2.24) is 0 Å². The summed E-state index contributed by atoms with van der Waals surface area (Å²) in [6.45, 7) is 3.39. The van der Waals surface area contributed by atoms with E-state index in [0.717, 1.165) is 11.3 Å². The van der Waals surface area contributed by atoms with Crippen LogP contribution in [-0.2, 0) is 9.59 Å². The molecule has 1 unspecified atom stereocenters. The van der Waals surface area contributed by atoms with E-state index in [0.29, 0.717) is 55.3 Å². The number of para-hydroxylation sites is 1. The van der Waals surface area contributed by atoms with Crippen LogP contribution in [0.2, 0.25) is 0 Å². The minimum atomic E-state index is -1.16. The lowest BCUT2D eigenvalue weighted by molar-refractivity contribution is -0.145. The summed E-state index contributed by atoms with van der Waals surface area (Å²) in [5, 5.41) is 21.3. The second-order valence-electron chi connectivity index (χ2n) is 9.39. The van der Waals surface area contributed by atoms with Crippen molar-refractivity contribution in [3.05, 3.63) is 77.9 Å². The Balaban J connectivity index is 1.34. The van der Waals surface area contributed by atoms with Crippen LogP contribution in [-0.4, -0.2) is 60.5 Å². The van der Waals surface area contributed by atoms with Gasteiger partial charge in [0.25, 0.3) is 5.91 Å². The maximum atomic E-state index is 13.0. The Hall–Kier alpha value is -4.73. The maximum Gasteiger partial charge on any atom is 0.346 e. The summed E-state index contributed by atoms with van der Waals surface area (Å²) in [4.78, 5) is 37.4. The van der Waals surface area contributed by atoms with Gasteiger partial charge in [0.2, 0.25) is 6.10 Å². The van der Waals surface area contributed by atoms with Gasteiger partial charge < -0.3 is 34.6 Å². The number of carbonyl (C=O) groups is 3. The quantitative estimate of drug-likeness (QED) is 0.262. The normalized spacial score (nSPS) is 14.0. The summed E-state index contributed by atoms with van der Waals surface area (Å²) >= 11 is 0. The second kappa shape index (κ2) is 13.4. The number of fused-ring (bicyclic) bond motifs is 1. The Morgan fingerprint density at radius 1 is 0.950 bits per heavy atom. The number of aliphatic carboxylic acids is 2. The van der Waals surface area contributed by atoms with Crippen molar-refractivity contribution in [1.29, 1.82) is 0 Å². The standard InChI is InChI=1S/C30H32N2O8/c1-20-6-2-7-23(18-20)39-17-5-16-38-22-13-11-21(12-14-22)29(35)31-24-8-3-9-25-28(24)40-26(30(36)37)19-32(25)15-4-10-27(33)34/h2-3,6-9,11-14,18,26H,4-5,10,15-17,19H2,1H3,(H,31,35)(H,33,34)(H,36,37). The van der Waals surface area contributed by atoms with Crippen molar-refractivity contribution >= 4 is 29.2 Å². The molecular formula is C30H32N2O8. The number of hydrogen-bond acceptors (Lipinski definition) is 7. The fourth-order valence-corrected chi connectivity index (χ4v) is 4.28. The van der Waals surface area contributed by atoms with Crippen LogP contribution >= 0.6 is 0 Å². The van der Waals surface area contributed by atoms with Gasteiger partial charge >= 0.3 is 11.9 Å². The van der Waals surface area contributed by atoms with Crippen LogP contribution in [0.15, 0.2) is 66.7 Å². The highest BCUT2D eigenvalue weighted by molar-refractivity contribution is 6.05. The van der Waals surface area contributed by atoms with E-state index in [1.165, 1.54) is 0 Å². The zero-order chi connectivity index (χ0) is 28.5. The predicted molar refractivity (Wildman–Crippen MR) is 149 cm³/mol. The zero-order valence-electron chi connectivity index (χ0n) is 22.2. The van der Waals surface area contributed by atoms with Crippen molar-refractivity contribution in [3.63, 3.8) is 0 Å². The van der Waals surface area contributed by atoms with Gasteiger partial charge in [-0.25, -0.2) is 4.79 Å². The van der Waals surface area contributed by atoms with E-state index in [4.69, 9.17) is 19.3 Å². The number of rotatable bonds is 13. The highest BCUT2D eigenvalue weighted by Crippen LogP contribution is 2.40. The van der Waals surface area contributed by atoms with Gasteiger partial charge in [-0.3, -0.25) is 9.59 Å². The number of carboxylic acid groups (broad SMARTS) is 2. The number of ether oxygens (including phenoxy) is 3. The summed E-state index contributed by atoms with van der Waals surface area (Å²) in [7, 11) is 0. The molecule has 0 spiro atoms. The Morgan fingerprint density at radius 3 is 2.38 bits per heavy atom. The smallest absolute Gasteiger partial charge is 0.346 e. The first-order valence-corrected chi connectivity index (χ1v) is 13.0. The highest BCUT2D eigenvalue weighted by atomic mass is 16.5. The van der Waals surface area contributed by atoms with E-state index in [2.05, 4.69) is 5.32 Å².